The van der Waals surface area contributed by atoms with Gasteiger partial charge in [0, 0.05) is 0 Å². The SMILES string of the molecule is N=C(N)NC(=O)CN. The largest absolute Gasteiger partial charge is 0.370 e. The van der Waals surface area contributed by atoms with E-state index in [0.717, 1.165) is 0 Å². The molecule has 0 bridgehead atoms. The van der Waals surface area contributed by atoms with Gasteiger partial charge < -0.3 is 11.5 Å². The molecule has 0 unspecified atom stereocenters. The molecule has 5 heteroatoms. The summed E-state index contributed by atoms with van der Waals surface area (Å²) >= 11 is 0. The van der Waals surface area contributed by atoms with E-state index in [0.29, 0.717) is 0 Å². The van der Waals surface area contributed by atoms with Crippen molar-refractivity contribution in [3.63, 3.8) is 0 Å². The summed E-state index contributed by atoms with van der Waals surface area (Å²) in [5, 5.41) is 8.51. The fraction of sp³-hybridized carbons (Fsp3) is 0.333. The molecule has 0 fully saturated rings. The predicted molar refractivity (Wildman–Crippen MR) is 29.1 cm³/mol. The van der Waals surface area contributed by atoms with Crippen LogP contribution in [0.15, 0.2) is 0 Å². The summed E-state index contributed by atoms with van der Waals surface area (Å²) in [7, 11) is 0. The summed E-state index contributed by atoms with van der Waals surface area (Å²) in [6.45, 7) is -0.139. The highest BCUT2D eigenvalue weighted by molar-refractivity contribution is 5.95. The maximum atomic E-state index is 10.2. The number of carbonyl (C=O) groups excluding carboxylic acids is 1. The molecule has 0 aliphatic carbocycles. The van der Waals surface area contributed by atoms with Gasteiger partial charge in [0.15, 0.2) is 5.96 Å². The van der Waals surface area contributed by atoms with Gasteiger partial charge in [0.05, 0.1) is 6.54 Å². The van der Waals surface area contributed by atoms with Crippen LogP contribution in [-0.4, -0.2) is 18.4 Å². The van der Waals surface area contributed by atoms with E-state index in [1.54, 1.807) is 0 Å². The topological polar surface area (TPSA) is 105 Å². The van der Waals surface area contributed by atoms with Crippen LogP contribution in [0.4, 0.5) is 0 Å². The van der Waals surface area contributed by atoms with E-state index in [4.69, 9.17) is 16.9 Å². The average Bonchev–Trinajstić information content (AvgIpc) is 1.65. The minimum Gasteiger partial charge on any atom is -0.370 e. The summed E-state index contributed by atoms with van der Waals surface area (Å²) in [5.41, 5.74) is 9.62. The van der Waals surface area contributed by atoms with E-state index in [2.05, 4.69) is 0 Å². The number of rotatable bonds is 1. The molecule has 6 N–H and O–H groups in total. The maximum absolute atomic E-state index is 10.2. The van der Waals surface area contributed by atoms with Gasteiger partial charge in [-0.2, -0.15) is 0 Å². The Bertz CT molecular complexity index is 110. The van der Waals surface area contributed by atoms with Gasteiger partial charge in [0.2, 0.25) is 5.91 Å². The third kappa shape index (κ3) is 3.10. The van der Waals surface area contributed by atoms with Crippen molar-refractivity contribution < 1.29 is 4.79 Å². The van der Waals surface area contributed by atoms with Gasteiger partial charge in [-0.15, -0.1) is 0 Å². The smallest absolute Gasteiger partial charge is 0.240 e. The first kappa shape index (κ1) is 6.90. The second-order valence-corrected chi connectivity index (χ2v) is 1.17. The molecule has 1 amide bonds. The highest BCUT2D eigenvalue weighted by Crippen LogP contribution is 1.53. The van der Waals surface area contributed by atoms with Crippen LogP contribution in [0.1, 0.15) is 0 Å². The molecule has 5 nitrogen and oxygen atoms in total. The summed E-state index contributed by atoms with van der Waals surface area (Å²) in [6.07, 6.45) is 0. The van der Waals surface area contributed by atoms with Gasteiger partial charge in [-0.3, -0.25) is 15.5 Å². The summed E-state index contributed by atoms with van der Waals surface area (Å²) in [6, 6.07) is 0. The van der Waals surface area contributed by atoms with Gasteiger partial charge >= 0.3 is 0 Å². The second-order valence-electron chi connectivity index (χ2n) is 1.17. The highest BCUT2D eigenvalue weighted by atomic mass is 16.1. The minimum atomic E-state index is -0.447. The molecule has 0 radical (unpaired) electrons. The first-order valence-corrected chi connectivity index (χ1v) is 2.00. The molecule has 0 saturated carbocycles. The predicted octanol–water partition coefficient (Wildman–Crippen LogP) is -2.05. The number of hydrogen-bond acceptors (Lipinski definition) is 3. The van der Waals surface area contributed by atoms with Crippen LogP contribution in [0.5, 0.6) is 0 Å². The monoisotopic (exact) mass is 116 g/mol. The number of amides is 1. The van der Waals surface area contributed by atoms with Crippen molar-refractivity contribution >= 4 is 11.9 Å². The van der Waals surface area contributed by atoms with Crippen molar-refractivity contribution in [2.45, 2.75) is 0 Å². The molecule has 0 heterocycles. The van der Waals surface area contributed by atoms with Crippen molar-refractivity contribution in [2.24, 2.45) is 11.5 Å². The molecule has 0 spiro atoms. The van der Waals surface area contributed by atoms with E-state index < -0.39 is 5.91 Å². The van der Waals surface area contributed by atoms with Gasteiger partial charge in [-0.1, -0.05) is 0 Å². The van der Waals surface area contributed by atoms with Crippen molar-refractivity contribution in [3.8, 4) is 0 Å². The first-order chi connectivity index (χ1) is 3.66. The Hall–Kier alpha value is -1.10. The van der Waals surface area contributed by atoms with Crippen LogP contribution in [0, 0.1) is 5.41 Å². The standard InChI is InChI=1S/C3H8N4O/c4-1-2(8)7-3(5)6/h1,4H2,(H4,5,6,7,8). The zero-order valence-corrected chi connectivity index (χ0v) is 4.27. The number of nitrogens with one attached hydrogen (secondary N) is 2. The number of guanidine groups is 1. The van der Waals surface area contributed by atoms with Crippen molar-refractivity contribution in [2.75, 3.05) is 6.54 Å². The zero-order valence-electron chi connectivity index (χ0n) is 4.27. The molecular weight excluding hydrogens is 108 g/mol. The lowest BCUT2D eigenvalue weighted by Crippen LogP contribution is -2.39. The van der Waals surface area contributed by atoms with E-state index >= 15 is 0 Å². The fourth-order valence-corrected chi connectivity index (χ4v) is 0.201. The second kappa shape index (κ2) is 2.98. The quantitative estimate of drug-likeness (QED) is 0.234. The Balaban J connectivity index is 3.40. The summed E-state index contributed by atoms with van der Waals surface area (Å²) in [5.74, 6) is -0.821. The Kier molecular flexibility index (Phi) is 2.57. The van der Waals surface area contributed by atoms with Crippen molar-refractivity contribution in [3.05, 3.63) is 0 Å². The third-order valence-electron chi connectivity index (χ3n) is 0.459. The third-order valence-corrected chi connectivity index (χ3v) is 0.459. The van der Waals surface area contributed by atoms with Crippen LogP contribution in [0.2, 0.25) is 0 Å². The summed E-state index contributed by atoms with van der Waals surface area (Å²) in [4.78, 5) is 10.2. The molecule has 0 aromatic rings. The minimum absolute atomic E-state index is 0.139. The molecule has 0 aromatic heterocycles. The Morgan fingerprint density at radius 3 is 2.38 bits per heavy atom. The summed E-state index contributed by atoms with van der Waals surface area (Å²) < 4.78 is 0. The number of carbonyl (C=O) groups is 1. The van der Waals surface area contributed by atoms with Gasteiger partial charge in [-0.05, 0) is 0 Å². The zero-order chi connectivity index (χ0) is 6.57. The highest BCUT2D eigenvalue weighted by Gasteiger charge is 1.94. The molecule has 0 rings (SSSR count). The average molecular weight is 116 g/mol. The lowest BCUT2D eigenvalue weighted by atomic mass is 10.6. The van der Waals surface area contributed by atoms with Gasteiger partial charge in [0.25, 0.3) is 0 Å². The van der Waals surface area contributed by atoms with E-state index in [9.17, 15) is 4.79 Å². The number of nitrogens with two attached hydrogens (primary N) is 2. The fourth-order valence-electron chi connectivity index (χ4n) is 0.201. The van der Waals surface area contributed by atoms with Crippen molar-refractivity contribution in [1.29, 1.82) is 5.41 Å². The molecule has 0 saturated heterocycles. The van der Waals surface area contributed by atoms with E-state index in [-0.39, 0.29) is 12.5 Å². The Morgan fingerprint density at radius 2 is 2.25 bits per heavy atom. The van der Waals surface area contributed by atoms with E-state index in [1.807, 2.05) is 5.32 Å². The Morgan fingerprint density at radius 1 is 1.75 bits per heavy atom. The maximum Gasteiger partial charge on any atom is 0.240 e. The Labute approximate surface area is 46.5 Å². The molecule has 46 valence electrons. The molecule has 0 aliphatic heterocycles. The molecule has 8 heavy (non-hydrogen) atoms. The van der Waals surface area contributed by atoms with Gasteiger partial charge in [0.1, 0.15) is 0 Å². The van der Waals surface area contributed by atoms with Gasteiger partial charge in [-0.25, -0.2) is 0 Å². The normalized spacial score (nSPS) is 8.12. The molecule has 0 aliphatic rings. The molecule has 0 aromatic carbocycles. The van der Waals surface area contributed by atoms with Crippen LogP contribution in [0.3, 0.4) is 0 Å². The van der Waals surface area contributed by atoms with Crippen LogP contribution in [-0.2, 0) is 4.79 Å². The van der Waals surface area contributed by atoms with Crippen molar-refractivity contribution in [1.82, 2.24) is 5.32 Å². The van der Waals surface area contributed by atoms with Crippen LogP contribution in [0.25, 0.3) is 0 Å². The number of hydrogen-bond donors (Lipinski definition) is 4. The first-order valence-electron chi connectivity index (χ1n) is 2.00. The van der Waals surface area contributed by atoms with Crippen LogP contribution < -0.4 is 16.8 Å². The van der Waals surface area contributed by atoms with E-state index in [1.165, 1.54) is 0 Å². The lowest BCUT2D eigenvalue weighted by Gasteiger charge is -1.95. The lowest BCUT2D eigenvalue weighted by molar-refractivity contribution is -0.118. The molecular formula is C3H8N4O. The van der Waals surface area contributed by atoms with Crippen LogP contribution >= 0.6 is 0 Å². The molecule has 0 atom stereocenters.